The van der Waals surface area contributed by atoms with Crippen molar-refractivity contribution in [2.24, 2.45) is 0 Å². The monoisotopic (exact) mass is 497 g/mol. The first kappa shape index (κ1) is 27.2. The second-order valence-corrected chi connectivity index (χ2v) is 10.9. The molecular weight excluding hydrogens is 458 g/mol. The Morgan fingerprint density at radius 1 is 0.971 bits per heavy atom. The molecule has 0 radical (unpaired) electrons. The average Bonchev–Trinajstić information content (AvgIpc) is 2.82. The van der Waals surface area contributed by atoms with Gasteiger partial charge in [-0.25, -0.2) is 0 Å². The Kier molecular flexibility index (Phi) is 9.76. The number of nitrogens with one attached hydrogen (secondary N) is 2. The summed E-state index contributed by atoms with van der Waals surface area (Å²) in [6.45, 7) is 4.09. The molecule has 1 aliphatic rings. The molecule has 1 aliphatic carbocycles. The predicted molar refractivity (Wildman–Crippen MR) is 144 cm³/mol. The van der Waals surface area contributed by atoms with Gasteiger partial charge in [-0.3, -0.25) is 9.59 Å². The molecule has 0 saturated heterocycles. The number of benzene rings is 2. The van der Waals surface area contributed by atoms with Crippen LogP contribution in [-0.4, -0.2) is 48.4 Å². The first-order chi connectivity index (χ1) is 16.6. The molecule has 6 heteroatoms. The molecule has 0 aromatic heterocycles. The Bertz CT molecular complexity index is 964. The van der Waals surface area contributed by atoms with Gasteiger partial charge in [-0.15, -0.1) is 0 Å². The summed E-state index contributed by atoms with van der Waals surface area (Å²) in [4.78, 5) is 27.2. The molecule has 3 rings (SSSR count). The first-order valence-electron chi connectivity index (χ1n) is 12.7. The first-order valence-corrected chi connectivity index (χ1v) is 13.1. The van der Waals surface area contributed by atoms with Crippen molar-refractivity contribution in [3.05, 3.63) is 70.2 Å². The van der Waals surface area contributed by atoms with Crippen LogP contribution < -0.4 is 10.6 Å². The summed E-state index contributed by atoms with van der Waals surface area (Å²) in [7, 11) is 4.33. The maximum absolute atomic E-state index is 12.5. The van der Waals surface area contributed by atoms with E-state index in [0.29, 0.717) is 5.02 Å². The topological polar surface area (TPSA) is 61.4 Å². The van der Waals surface area contributed by atoms with Crippen LogP contribution in [0.5, 0.6) is 0 Å². The zero-order valence-electron chi connectivity index (χ0n) is 21.6. The van der Waals surface area contributed by atoms with Gasteiger partial charge in [-0.2, -0.15) is 0 Å². The third-order valence-corrected chi connectivity index (χ3v) is 7.58. The maximum atomic E-state index is 12.5. The van der Waals surface area contributed by atoms with Crippen molar-refractivity contribution in [1.82, 2.24) is 15.5 Å². The second kappa shape index (κ2) is 12.5. The molecule has 2 aromatic carbocycles. The Hall–Kier alpha value is -2.37. The van der Waals surface area contributed by atoms with Gasteiger partial charge in [0.15, 0.2) is 0 Å². The molecule has 35 heavy (non-hydrogen) atoms. The smallest absolute Gasteiger partial charge is 0.220 e. The van der Waals surface area contributed by atoms with Crippen LogP contribution >= 0.6 is 11.6 Å². The van der Waals surface area contributed by atoms with Gasteiger partial charge in [0.1, 0.15) is 0 Å². The van der Waals surface area contributed by atoms with E-state index < -0.39 is 0 Å². The molecule has 1 unspecified atom stereocenters. The zero-order chi connectivity index (χ0) is 25.4. The number of hydrogen-bond donors (Lipinski definition) is 2. The summed E-state index contributed by atoms with van der Waals surface area (Å²) in [6, 6.07) is 16.6. The van der Waals surface area contributed by atoms with E-state index in [9.17, 15) is 9.59 Å². The number of aryl methyl sites for hydroxylation is 1. The average molecular weight is 498 g/mol. The number of amides is 2. The number of hydrogen-bond acceptors (Lipinski definition) is 3. The SMILES string of the molecule is Cc1ccc(CC2(N(C)C)CCC(NC(=O)CCC(=O)NC(C)Cc3ccc(Cl)cc3)CC2)cc1. The lowest BCUT2D eigenvalue weighted by Gasteiger charge is -2.45. The molecule has 1 fully saturated rings. The summed E-state index contributed by atoms with van der Waals surface area (Å²) in [5.74, 6) is -0.124. The molecule has 2 amide bonds. The van der Waals surface area contributed by atoms with Crippen molar-refractivity contribution in [1.29, 1.82) is 0 Å². The van der Waals surface area contributed by atoms with E-state index in [1.165, 1.54) is 11.1 Å². The minimum atomic E-state index is -0.0880. The highest BCUT2D eigenvalue weighted by Crippen LogP contribution is 2.35. The van der Waals surface area contributed by atoms with E-state index in [4.69, 9.17) is 11.6 Å². The molecule has 0 aliphatic heterocycles. The van der Waals surface area contributed by atoms with Gasteiger partial charge in [0, 0.05) is 35.5 Å². The van der Waals surface area contributed by atoms with Crippen LogP contribution in [0.2, 0.25) is 5.02 Å². The highest BCUT2D eigenvalue weighted by Gasteiger charge is 2.37. The predicted octanol–water partition coefficient (Wildman–Crippen LogP) is 5.08. The van der Waals surface area contributed by atoms with Crippen LogP contribution in [-0.2, 0) is 22.4 Å². The number of rotatable bonds is 10. The van der Waals surface area contributed by atoms with E-state index in [0.717, 1.165) is 44.1 Å². The lowest BCUT2D eigenvalue weighted by atomic mass is 9.74. The third-order valence-electron chi connectivity index (χ3n) is 7.33. The zero-order valence-corrected chi connectivity index (χ0v) is 22.3. The third kappa shape index (κ3) is 8.36. The van der Waals surface area contributed by atoms with Crippen LogP contribution in [0.25, 0.3) is 0 Å². The minimum Gasteiger partial charge on any atom is -0.353 e. The summed E-state index contributed by atoms with van der Waals surface area (Å²) in [5, 5.41) is 6.87. The van der Waals surface area contributed by atoms with E-state index in [-0.39, 0.29) is 42.3 Å². The van der Waals surface area contributed by atoms with Crippen molar-refractivity contribution >= 4 is 23.4 Å². The Morgan fingerprint density at radius 2 is 1.54 bits per heavy atom. The van der Waals surface area contributed by atoms with Gasteiger partial charge < -0.3 is 15.5 Å². The molecule has 5 nitrogen and oxygen atoms in total. The fourth-order valence-corrected chi connectivity index (χ4v) is 5.19. The highest BCUT2D eigenvalue weighted by molar-refractivity contribution is 6.30. The van der Waals surface area contributed by atoms with Crippen LogP contribution in [0.3, 0.4) is 0 Å². The van der Waals surface area contributed by atoms with Gasteiger partial charge in [-0.05, 0) is 89.7 Å². The number of likely N-dealkylation sites (N-methyl/N-ethyl adjacent to an activating group) is 1. The highest BCUT2D eigenvalue weighted by atomic mass is 35.5. The van der Waals surface area contributed by atoms with Gasteiger partial charge >= 0.3 is 0 Å². The Balaban J connectivity index is 1.40. The number of nitrogens with zero attached hydrogens (tertiary/aromatic N) is 1. The fourth-order valence-electron chi connectivity index (χ4n) is 5.07. The van der Waals surface area contributed by atoms with Gasteiger partial charge in [-0.1, -0.05) is 53.6 Å². The van der Waals surface area contributed by atoms with Crippen molar-refractivity contribution in [3.63, 3.8) is 0 Å². The lowest BCUT2D eigenvalue weighted by Crippen LogP contribution is -2.52. The molecule has 1 saturated carbocycles. The molecule has 1 atom stereocenters. The molecular formula is C29H40ClN3O2. The summed E-state index contributed by atoms with van der Waals surface area (Å²) < 4.78 is 0. The van der Waals surface area contributed by atoms with Gasteiger partial charge in [0.2, 0.25) is 11.8 Å². The molecule has 0 bridgehead atoms. The number of halogens is 1. The van der Waals surface area contributed by atoms with Crippen LogP contribution in [0.1, 0.15) is 62.1 Å². The van der Waals surface area contributed by atoms with Gasteiger partial charge in [0.05, 0.1) is 0 Å². The van der Waals surface area contributed by atoms with Crippen LogP contribution in [0.4, 0.5) is 0 Å². The lowest BCUT2D eigenvalue weighted by molar-refractivity contribution is -0.127. The van der Waals surface area contributed by atoms with E-state index in [1.54, 1.807) is 0 Å². The van der Waals surface area contributed by atoms with Crippen molar-refractivity contribution in [2.45, 2.75) is 82.8 Å². The van der Waals surface area contributed by atoms with Crippen molar-refractivity contribution in [2.75, 3.05) is 14.1 Å². The number of carbonyl (C=O) groups excluding carboxylic acids is 2. The normalized spacial score (nSPS) is 20.9. The number of carbonyl (C=O) groups is 2. The van der Waals surface area contributed by atoms with Gasteiger partial charge in [0.25, 0.3) is 0 Å². The van der Waals surface area contributed by atoms with Crippen molar-refractivity contribution in [3.8, 4) is 0 Å². The summed E-state index contributed by atoms with van der Waals surface area (Å²) in [6.07, 6.45) is 6.18. The maximum Gasteiger partial charge on any atom is 0.220 e. The quantitative estimate of drug-likeness (QED) is 0.481. The van der Waals surface area contributed by atoms with Crippen LogP contribution in [0, 0.1) is 6.92 Å². The fraction of sp³-hybridized carbons (Fsp3) is 0.517. The van der Waals surface area contributed by atoms with E-state index in [1.807, 2.05) is 31.2 Å². The molecule has 190 valence electrons. The summed E-state index contributed by atoms with van der Waals surface area (Å²) in [5.41, 5.74) is 3.89. The van der Waals surface area contributed by atoms with Crippen LogP contribution in [0.15, 0.2) is 48.5 Å². The van der Waals surface area contributed by atoms with E-state index >= 15 is 0 Å². The molecule has 0 spiro atoms. The van der Waals surface area contributed by atoms with Crippen molar-refractivity contribution < 1.29 is 9.59 Å². The second-order valence-electron chi connectivity index (χ2n) is 10.4. The molecule has 0 heterocycles. The van der Waals surface area contributed by atoms with E-state index in [2.05, 4.69) is 60.8 Å². The molecule has 2 aromatic rings. The summed E-state index contributed by atoms with van der Waals surface area (Å²) >= 11 is 5.93. The molecule has 2 N–H and O–H groups in total. The largest absolute Gasteiger partial charge is 0.353 e. The Labute approximate surface area is 215 Å². The Morgan fingerprint density at radius 3 is 2.14 bits per heavy atom. The standard InChI is InChI=1S/C29H40ClN3O2/c1-21-5-7-24(8-6-21)20-29(33(3)4)17-15-26(16-18-29)32-28(35)14-13-27(34)31-22(2)19-23-9-11-25(30)12-10-23/h5-12,22,26H,13-20H2,1-4H3,(H,31,34)(H,32,35). The minimum absolute atomic E-state index is 0.00207.